The zero-order valence-corrected chi connectivity index (χ0v) is 12.1. The van der Waals surface area contributed by atoms with Crippen LogP contribution in [0.1, 0.15) is 13.3 Å². The molecule has 0 aliphatic carbocycles. The third kappa shape index (κ3) is 5.90. The first kappa shape index (κ1) is 17.1. The number of amides is 1. The standard InChI is InChI=1S/C13H20F2N4O2/c1-3-16-12-9(14)8-10(15)13(19-12)18-5-4-11(20)17-6-7-21-2/h8H,3-7H2,1-2H3,(H,17,20)(H2,16,18,19). The number of carbonyl (C=O) groups excluding carboxylic acids is 1. The maximum Gasteiger partial charge on any atom is 0.221 e. The van der Waals surface area contributed by atoms with Gasteiger partial charge in [0, 0.05) is 39.2 Å². The predicted molar refractivity (Wildman–Crippen MR) is 76.3 cm³/mol. The van der Waals surface area contributed by atoms with Gasteiger partial charge in [-0.25, -0.2) is 13.8 Å². The molecule has 0 fully saturated rings. The number of nitrogens with one attached hydrogen (secondary N) is 3. The normalized spacial score (nSPS) is 10.3. The number of hydrogen-bond acceptors (Lipinski definition) is 5. The lowest BCUT2D eigenvalue weighted by atomic mass is 10.3. The zero-order chi connectivity index (χ0) is 15.7. The average Bonchev–Trinajstić information content (AvgIpc) is 2.44. The highest BCUT2D eigenvalue weighted by Gasteiger charge is 2.11. The van der Waals surface area contributed by atoms with Crippen LogP contribution >= 0.6 is 0 Å². The molecule has 1 amide bonds. The Kier molecular flexibility index (Phi) is 7.38. The fraction of sp³-hybridized carbons (Fsp3) is 0.538. The van der Waals surface area contributed by atoms with Crippen molar-refractivity contribution in [1.29, 1.82) is 0 Å². The van der Waals surface area contributed by atoms with Crippen LogP contribution in [0.5, 0.6) is 0 Å². The third-order valence-corrected chi connectivity index (χ3v) is 2.55. The molecular weight excluding hydrogens is 282 g/mol. The Morgan fingerprint density at radius 2 is 1.90 bits per heavy atom. The molecule has 1 aromatic heterocycles. The van der Waals surface area contributed by atoms with Crippen LogP contribution in [0, 0.1) is 11.6 Å². The molecule has 0 bridgehead atoms. The van der Waals surface area contributed by atoms with E-state index in [-0.39, 0.29) is 30.5 Å². The van der Waals surface area contributed by atoms with Gasteiger partial charge in [-0.2, -0.15) is 0 Å². The van der Waals surface area contributed by atoms with E-state index in [1.807, 2.05) is 0 Å². The van der Waals surface area contributed by atoms with Gasteiger partial charge in [0.2, 0.25) is 5.91 Å². The van der Waals surface area contributed by atoms with Gasteiger partial charge in [-0.1, -0.05) is 0 Å². The van der Waals surface area contributed by atoms with Gasteiger partial charge in [0.1, 0.15) is 0 Å². The second kappa shape index (κ2) is 9.06. The summed E-state index contributed by atoms with van der Waals surface area (Å²) >= 11 is 0. The predicted octanol–water partition coefficient (Wildman–Crippen LogP) is 1.36. The number of anilines is 2. The van der Waals surface area contributed by atoms with Crippen molar-refractivity contribution >= 4 is 17.5 Å². The highest BCUT2D eigenvalue weighted by Crippen LogP contribution is 2.18. The number of hydrogen-bond donors (Lipinski definition) is 3. The average molecular weight is 302 g/mol. The number of halogens is 2. The SMILES string of the molecule is CCNc1nc(NCCC(=O)NCCOC)c(F)cc1F. The Balaban J connectivity index is 2.47. The topological polar surface area (TPSA) is 75.3 Å². The summed E-state index contributed by atoms with van der Waals surface area (Å²) in [6, 6.07) is 0.756. The molecule has 0 saturated carbocycles. The van der Waals surface area contributed by atoms with Crippen molar-refractivity contribution in [3.8, 4) is 0 Å². The van der Waals surface area contributed by atoms with Gasteiger partial charge in [-0.05, 0) is 6.92 Å². The summed E-state index contributed by atoms with van der Waals surface area (Å²) in [7, 11) is 1.54. The van der Waals surface area contributed by atoms with Crippen LogP contribution in [0.15, 0.2) is 6.07 Å². The minimum Gasteiger partial charge on any atom is -0.383 e. The van der Waals surface area contributed by atoms with Crippen LogP contribution in [0.2, 0.25) is 0 Å². The molecule has 1 heterocycles. The maximum atomic E-state index is 13.5. The lowest BCUT2D eigenvalue weighted by Gasteiger charge is -2.10. The molecule has 0 aliphatic heterocycles. The minimum atomic E-state index is -0.797. The Bertz CT molecular complexity index is 472. The quantitative estimate of drug-likeness (QED) is 0.601. The van der Waals surface area contributed by atoms with Crippen molar-refractivity contribution in [2.45, 2.75) is 13.3 Å². The first-order chi connectivity index (χ1) is 10.1. The van der Waals surface area contributed by atoms with Crippen LogP contribution in [0.3, 0.4) is 0 Å². The molecule has 6 nitrogen and oxygen atoms in total. The Morgan fingerprint density at radius 1 is 1.24 bits per heavy atom. The Morgan fingerprint density at radius 3 is 2.52 bits per heavy atom. The smallest absolute Gasteiger partial charge is 0.221 e. The van der Waals surface area contributed by atoms with E-state index in [1.165, 1.54) is 0 Å². The number of methoxy groups -OCH3 is 1. The third-order valence-electron chi connectivity index (χ3n) is 2.55. The van der Waals surface area contributed by atoms with Crippen molar-refractivity contribution in [3.63, 3.8) is 0 Å². The van der Waals surface area contributed by atoms with Gasteiger partial charge in [0.25, 0.3) is 0 Å². The summed E-state index contributed by atoms with van der Waals surface area (Å²) in [6.45, 7) is 3.29. The van der Waals surface area contributed by atoms with Gasteiger partial charge in [-0.3, -0.25) is 4.79 Å². The lowest BCUT2D eigenvalue weighted by molar-refractivity contribution is -0.121. The van der Waals surface area contributed by atoms with Gasteiger partial charge in [0.05, 0.1) is 6.61 Å². The van der Waals surface area contributed by atoms with Crippen LogP contribution in [0.4, 0.5) is 20.4 Å². The first-order valence-electron chi connectivity index (χ1n) is 6.67. The van der Waals surface area contributed by atoms with E-state index in [0.29, 0.717) is 19.7 Å². The second-order valence-electron chi connectivity index (χ2n) is 4.20. The fourth-order valence-electron chi connectivity index (χ4n) is 1.56. The molecule has 3 N–H and O–H groups in total. The molecule has 0 radical (unpaired) electrons. The van der Waals surface area contributed by atoms with Crippen molar-refractivity contribution in [3.05, 3.63) is 17.7 Å². The highest BCUT2D eigenvalue weighted by atomic mass is 19.1. The van der Waals surface area contributed by atoms with Crippen LogP contribution in [0.25, 0.3) is 0 Å². The van der Waals surface area contributed by atoms with Crippen LogP contribution in [-0.4, -0.2) is 44.2 Å². The van der Waals surface area contributed by atoms with Crippen LogP contribution < -0.4 is 16.0 Å². The van der Waals surface area contributed by atoms with Gasteiger partial charge in [-0.15, -0.1) is 0 Å². The first-order valence-corrected chi connectivity index (χ1v) is 6.67. The molecule has 0 atom stereocenters. The largest absolute Gasteiger partial charge is 0.383 e. The molecule has 0 saturated heterocycles. The van der Waals surface area contributed by atoms with Crippen LogP contribution in [-0.2, 0) is 9.53 Å². The Hall–Kier alpha value is -1.96. The second-order valence-corrected chi connectivity index (χ2v) is 4.20. The number of ether oxygens (including phenoxy) is 1. The number of rotatable bonds is 9. The van der Waals surface area contributed by atoms with E-state index in [0.717, 1.165) is 6.07 Å². The van der Waals surface area contributed by atoms with E-state index >= 15 is 0 Å². The monoisotopic (exact) mass is 302 g/mol. The molecular formula is C13H20F2N4O2. The number of nitrogens with zero attached hydrogens (tertiary/aromatic N) is 1. The summed E-state index contributed by atoms with van der Waals surface area (Å²) in [5.41, 5.74) is 0. The molecule has 0 unspecified atom stereocenters. The molecule has 1 aromatic rings. The summed E-state index contributed by atoms with van der Waals surface area (Å²) in [5.74, 6) is -1.84. The molecule has 0 aromatic carbocycles. The molecule has 1 rings (SSSR count). The van der Waals surface area contributed by atoms with E-state index in [9.17, 15) is 13.6 Å². The fourth-order valence-corrected chi connectivity index (χ4v) is 1.56. The minimum absolute atomic E-state index is 0.0223. The molecule has 0 aliphatic rings. The number of carbonyl (C=O) groups is 1. The van der Waals surface area contributed by atoms with Crippen molar-refractivity contribution in [1.82, 2.24) is 10.3 Å². The molecule has 118 valence electrons. The number of aromatic nitrogens is 1. The summed E-state index contributed by atoms with van der Waals surface area (Å²) in [5, 5.41) is 8.00. The van der Waals surface area contributed by atoms with Crippen molar-refractivity contribution in [2.75, 3.05) is 44.0 Å². The van der Waals surface area contributed by atoms with Gasteiger partial charge >= 0.3 is 0 Å². The molecule has 21 heavy (non-hydrogen) atoms. The highest BCUT2D eigenvalue weighted by molar-refractivity contribution is 5.76. The van der Waals surface area contributed by atoms with Gasteiger partial charge in [0.15, 0.2) is 23.3 Å². The Labute approximate surface area is 122 Å². The summed E-state index contributed by atoms with van der Waals surface area (Å²) in [4.78, 5) is 15.2. The van der Waals surface area contributed by atoms with E-state index in [4.69, 9.17) is 4.74 Å². The van der Waals surface area contributed by atoms with Crippen molar-refractivity contribution in [2.24, 2.45) is 0 Å². The lowest BCUT2D eigenvalue weighted by Crippen LogP contribution is -2.28. The summed E-state index contributed by atoms with van der Waals surface area (Å²) in [6.07, 6.45) is 0.152. The number of pyridine rings is 1. The van der Waals surface area contributed by atoms with Gasteiger partial charge < -0.3 is 20.7 Å². The summed E-state index contributed by atoms with van der Waals surface area (Å²) < 4.78 is 31.7. The van der Waals surface area contributed by atoms with E-state index < -0.39 is 11.6 Å². The maximum absolute atomic E-state index is 13.5. The van der Waals surface area contributed by atoms with E-state index in [2.05, 4.69) is 20.9 Å². The zero-order valence-electron chi connectivity index (χ0n) is 12.1. The van der Waals surface area contributed by atoms with Crippen molar-refractivity contribution < 1.29 is 18.3 Å². The molecule has 0 spiro atoms. The molecule has 8 heteroatoms. The van der Waals surface area contributed by atoms with E-state index in [1.54, 1.807) is 14.0 Å².